The first-order valence-corrected chi connectivity index (χ1v) is 7.53. The average molecular weight is 279 g/mol. The molecule has 1 saturated heterocycles. The number of likely N-dealkylation sites (tertiary alicyclic amines) is 1. The molecule has 5 nitrogen and oxygen atoms in total. The molecule has 0 aliphatic carbocycles. The van der Waals surface area contributed by atoms with E-state index in [0.717, 1.165) is 31.8 Å². The molecule has 0 bridgehead atoms. The molecule has 1 fully saturated rings. The Labute approximate surface area is 120 Å². The highest BCUT2D eigenvalue weighted by Crippen LogP contribution is 2.13. The van der Waals surface area contributed by atoms with Crippen LogP contribution in [-0.4, -0.2) is 35.1 Å². The van der Waals surface area contributed by atoms with Crippen LogP contribution in [0.25, 0.3) is 0 Å². The molecule has 1 atom stereocenters. The number of carbonyl (C=O) groups is 1. The van der Waals surface area contributed by atoms with Crippen LogP contribution in [0.3, 0.4) is 0 Å². The lowest BCUT2D eigenvalue weighted by molar-refractivity contribution is 0.0926. The van der Waals surface area contributed by atoms with E-state index in [1.54, 1.807) is 6.07 Å². The zero-order valence-electron chi connectivity index (χ0n) is 12.7. The molecule has 2 rings (SSSR count). The van der Waals surface area contributed by atoms with Crippen LogP contribution in [0.2, 0.25) is 0 Å². The molecule has 1 aromatic rings. The van der Waals surface area contributed by atoms with E-state index in [1.165, 1.54) is 12.8 Å². The third kappa shape index (κ3) is 4.34. The second-order valence-corrected chi connectivity index (χ2v) is 6.17. The van der Waals surface area contributed by atoms with E-state index in [0.29, 0.717) is 11.6 Å². The molecule has 1 aromatic heterocycles. The number of carbonyl (C=O) groups excluding carboxylic acids is 1. The standard InChI is InChI=1S/C15H25N3O2/c1-11(2)8-12(3)16-15(19)14-9-13(20-17-14)10-18-6-4-5-7-18/h9,11-12H,4-8,10H2,1-3H3,(H,16,19). The zero-order valence-corrected chi connectivity index (χ0v) is 12.7. The largest absolute Gasteiger partial charge is 0.359 e. The fourth-order valence-corrected chi connectivity index (χ4v) is 2.72. The van der Waals surface area contributed by atoms with Crippen LogP contribution in [0.5, 0.6) is 0 Å². The number of aromatic nitrogens is 1. The van der Waals surface area contributed by atoms with Crippen LogP contribution in [0.1, 0.15) is 56.3 Å². The number of hydrogen-bond donors (Lipinski definition) is 1. The fraction of sp³-hybridized carbons (Fsp3) is 0.733. The van der Waals surface area contributed by atoms with Crippen molar-refractivity contribution in [1.29, 1.82) is 0 Å². The summed E-state index contributed by atoms with van der Waals surface area (Å²) in [5.74, 6) is 1.19. The monoisotopic (exact) mass is 279 g/mol. The number of rotatable bonds is 6. The summed E-state index contributed by atoms with van der Waals surface area (Å²) in [5.41, 5.74) is 0.384. The topological polar surface area (TPSA) is 58.4 Å². The van der Waals surface area contributed by atoms with E-state index < -0.39 is 0 Å². The second-order valence-electron chi connectivity index (χ2n) is 6.17. The highest BCUT2D eigenvalue weighted by atomic mass is 16.5. The first-order chi connectivity index (χ1) is 9.54. The Morgan fingerprint density at radius 2 is 2.10 bits per heavy atom. The van der Waals surface area contributed by atoms with Crippen LogP contribution in [0.15, 0.2) is 10.6 Å². The van der Waals surface area contributed by atoms with E-state index in [1.807, 2.05) is 6.92 Å². The van der Waals surface area contributed by atoms with E-state index in [9.17, 15) is 4.79 Å². The lowest BCUT2D eigenvalue weighted by Gasteiger charge is -2.14. The third-order valence-corrected chi connectivity index (χ3v) is 3.57. The maximum atomic E-state index is 12.0. The van der Waals surface area contributed by atoms with E-state index in [-0.39, 0.29) is 11.9 Å². The van der Waals surface area contributed by atoms with Gasteiger partial charge in [-0.3, -0.25) is 9.69 Å². The predicted octanol–water partition coefficient (Wildman–Crippen LogP) is 2.43. The summed E-state index contributed by atoms with van der Waals surface area (Å²) in [7, 11) is 0. The van der Waals surface area contributed by atoms with Gasteiger partial charge in [0.1, 0.15) is 0 Å². The van der Waals surface area contributed by atoms with Gasteiger partial charge in [-0.2, -0.15) is 0 Å². The molecule has 112 valence electrons. The van der Waals surface area contributed by atoms with Gasteiger partial charge in [0.2, 0.25) is 0 Å². The van der Waals surface area contributed by atoms with Gasteiger partial charge in [0, 0.05) is 12.1 Å². The maximum absolute atomic E-state index is 12.0. The smallest absolute Gasteiger partial charge is 0.273 e. The Balaban J connectivity index is 1.85. The van der Waals surface area contributed by atoms with Crippen molar-refractivity contribution >= 4 is 5.91 Å². The van der Waals surface area contributed by atoms with E-state index in [4.69, 9.17) is 4.52 Å². The SMILES string of the molecule is CC(C)CC(C)NC(=O)c1cc(CN2CCCC2)on1. The minimum Gasteiger partial charge on any atom is -0.359 e. The Kier molecular flexibility index (Phi) is 5.17. The fourth-order valence-electron chi connectivity index (χ4n) is 2.72. The highest BCUT2D eigenvalue weighted by Gasteiger charge is 2.18. The first-order valence-electron chi connectivity index (χ1n) is 7.53. The van der Waals surface area contributed by atoms with Gasteiger partial charge in [0.15, 0.2) is 11.5 Å². The summed E-state index contributed by atoms with van der Waals surface area (Å²) in [6.45, 7) is 9.27. The summed E-state index contributed by atoms with van der Waals surface area (Å²) in [4.78, 5) is 14.4. The Morgan fingerprint density at radius 3 is 2.75 bits per heavy atom. The van der Waals surface area contributed by atoms with Crippen molar-refractivity contribution in [3.8, 4) is 0 Å². The molecule has 1 aliphatic rings. The summed E-state index contributed by atoms with van der Waals surface area (Å²) in [6.07, 6.45) is 3.45. The second kappa shape index (κ2) is 6.88. The summed E-state index contributed by atoms with van der Waals surface area (Å²) >= 11 is 0. The van der Waals surface area contributed by atoms with Crippen LogP contribution in [0, 0.1) is 5.92 Å². The quantitative estimate of drug-likeness (QED) is 0.869. The molecule has 2 heterocycles. The minimum atomic E-state index is -0.144. The van der Waals surface area contributed by atoms with E-state index in [2.05, 4.69) is 29.2 Å². The molecular formula is C15H25N3O2. The predicted molar refractivity (Wildman–Crippen MR) is 77.4 cm³/mol. The number of nitrogens with zero attached hydrogens (tertiary/aromatic N) is 2. The van der Waals surface area contributed by atoms with Crippen LogP contribution in [0.4, 0.5) is 0 Å². The van der Waals surface area contributed by atoms with Crippen molar-refractivity contribution in [1.82, 2.24) is 15.4 Å². The zero-order chi connectivity index (χ0) is 14.5. The van der Waals surface area contributed by atoms with Crippen molar-refractivity contribution in [3.05, 3.63) is 17.5 Å². The number of amides is 1. The third-order valence-electron chi connectivity index (χ3n) is 3.57. The molecule has 1 aliphatic heterocycles. The van der Waals surface area contributed by atoms with Gasteiger partial charge in [-0.05, 0) is 45.2 Å². The number of nitrogens with one attached hydrogen (secondary N) is 1. The Hall–Kier alpha value is -1.36. The van der Waals surface area contributed by atoms with Crippen molar-refractivity contribution < 1.29 is 9.32 Å². The molecule has 0 radical (unpaired) electrons. The summed E-state index contributed by atoms with van der Waals surface area (Å²) in [6, 6.07) is 1.91. The van der Waals surface area contributed by atoms with Gasteiger partial charge in [-0.15, -0.1) is 0 Å². The van der Waals surface area contributed by atoms with Crippen LogP contribution < -0.4 is 5.32 Å². The average Bonchev–Trinajstić information content (AvgIpc) is 2.99. The molecule has 0 spiro atoms. The summed E-state index contributed by atoms with van der Waals surface area (Å²) < 4.78 is 5.26. The highest BCUT2D eigenvalue weighted by molar-refractivity contribution is 5.92. The van der Waals surface area contributed by atoms with Crippen LogP contribution in [-0.2, 0) is 6.54 Å². The lowest BCUT2D eigenvalue weighted by Crippen LogP contribution is -2.33. The maximum Gasteiger partial charge on any atom is 0.273 e. The Morgan fingerprint density at radius 1 is 1.40 bits per heavy atom. The molecule has 1 unspecified atom stereocenters. The molecule has 0 saturated carbocycles. The van der Waals surface area contributed by atoms with Gasteiger partial charge >= 0.3 is 0 Å². The molecule has 20 heavy (non-hydrogen) atoms. The van der Waals surface area contributed by atoms with Gasteiger partial charge in [-0.25, -0.2) is 0 Å². The Bertz CT molecular complexity index is 436. The van der Waals surface area contributed by atoms with Crippen molar-refractivity contribution in [2.75, 3.05) is 13.1 Å². The first kappa shape index (κ1) is 15.0. The van der Waals surface area contributed by atoms with Gasteiger partial charge in [0.05, 0.1) is 6.54 Å². The van der Waals surface area contributed by atoms with Gasteiger partial charge in [0.25, 0.3) is 5.91 Å². The molecule has 0 aromatic carbocycles. The number of hydrogen-bond acceptors (Lipinski definition) is 4. The van der Waals surface area contributed by atoms with E-state index >= 15 is 0 Å². The van der Waals surface area contributed by atoms with Gasteiger partial charge in [-0.1, -0.05) is 19.0 Å². The van der Waals surface area contributed by atoms with Crippen molar-refractivity contribution in [2.24, 2.45) is 5.92 Å². The van der Waals surface area contributed by atoms with Crippen LogP contribution >= 0.6 is 0 Å². The minimum absolute atomic E-state index is 0.144. The molecule has 5 heteroatoms. The molecular weight excluding hydrogens is 254 g/mol. The molecule has 1 amide bonds. The normalized spacial score (nSPS) is 17.6. The summed E-state index contributed by atoms with van der Waals surface area (Å²) in [5, 5.41) is 6.84. The van der Waals surface area contributed by atoms with Crippen molar-refractivity contribution in [2.45, 2.75) is 52.6 Å². The molecule has 1 N–H and O–H groups in total. The van der Waals surface area contributed by atoms with Crippen molar-refractivity contribution in [3.63, 3.8) is 0 Å². The lowest BCUT2D eigenvalue weighted by atomic mass is 10.1. The van der Waals surface area contributed by atoms with Gasteiger partial charge < -0.3 is 9.84 Å².